The Morgan fingerprint density at radius 1 is 0.814 bits per heavy atom. The number of amides is 5. The van der Waals surface area contributed by atoms with E-state index in [1.54, 1.807) is 14.7 Å². The molecule has 0 spiro atoms. The molecule has 0 radical (unpaired) electrons. The number of urea groups is 1. The minimum atomic E-state index is -1.03. The Labute approximate surface area is 347 Å². The number of ether oxygens (including phenoxy) is 2. The Morgan fingerprint density at radius 2 is 1.51 bits per heavy atom. The highest BCUT2D eigenvalue weighted by Crippen LogP contribution is 2.27. The maximum atomic E-state index is 14.2. The van der Waals surface area contributed by atoms with Gasteiger partial charge in [0.25, 0.3) is 5.91 Å². The number of anilines is 1. The van der Waals surface area contributed by atoms with Crippen molar-refractivity contribution in [2.45, 2.75) is 89.8 Å². The van der Waals surface area contributed by atoms with Gasteiger partial charge in [-0.15, -0.1) is 0 Å². The number of likely N-dealkylation sites (tertiary alicyclic amines) is 3. The summed E-state index contributed by atoms with van der Waals surface area (Å²) in [5, 5.41) is 13.5. The number of benzene rings is 2. The fraction of sp³-hybridized carbons (Fsp3) is 0.614. The second-order valence-electron chi connectivity index (χ2n) is 16.8. The quantitative estimate of drug-likeness (QED) is 0.321. The zero-order chi connectivity index (χ0) is 41.5. The van der Waals surface area contributed by atoms with E-state index in [2.05, 4.69) is 15.1 Å². The maximum Gasteiger partial charge on any atom is 0.410 e. The number of rotatable bonds is 11. The van der Waals surface area contributed by atoms with Gasteiger partial charge in [-0.25, -0.2) is 9.59 Å². The minimum absolute atomic E-state index is 0.0120. The summed E-state index contributed by atoms with van der Waals surface area (Å²) >= 11 is 0. The average molecular weight is 816 g/mol. The third-order valence-electron chi connectivity index (χ3n) is 12.9. The number of hydrogen-bond donors (Lipinski definition) is 2. The number of phenolic OH excluding ortho intramolecular Hbond substituents is 1. The van der Waals surface area contributed by atoms with E-state index in [4.69, 9.17) is 9.47 Å². The van der Waals surface area contributed by atoms with Crippen LogP contribution in [0, 0.1) is 13.8 Å². The van der Waals surface area contributed by atoms with Crippen LogP contribution in [0.15, 0.2) is 36.4 Å². The molecule has 5 aliphatic heterocycles. The van der Waals surface area contributed by atoms with Crippen molar-refractivity contribution in [3.63, 3.8) is 0 Å². The fourth-order valence-electron chi connectivity index (χ4n) is 9.40. The van der Waals surface area contributed by atoms with Crippen molar-refractivity contribution < 1.29 is 38.6 Å². The van der Waals surface area contributed by atoms with Gasteiger partial charge in [-0.3, -0.25) is 24.2 Å². The van der Waals surface area contributed by atoms with Gasteiger partial charge in [-0.1, -0.05) is 30.3 Å². The van der Waals surface area contributed by atoms with Gasteiger partial charge >= 0.3 is 18.1 Å². The molecule has 15 heteroatoms. The molecule has 4 saturated heterocycles. The Hall–Kier alpha value is -4.89. The molecule has 4 fully saturated rings. The molecule has 0 saturated carbocycles. The number of phenols is 1. The molecule has 2 aromatic carbocycles. The maximum absolute atomic E-state index is 14.2. The average Bonchev–Trinajstić information content (AvgIpc) is 3.41. The number of aryl methyl sites for hydroxylation is 2. The van der Waals surface area contributed by atoms with Crippen LogP contribution in [0.1, 0.15) is 67.2 Å². The second-order valence-corrected chi connectivity index (χ2v) is 16.8. The largest absolute Gasteiger partial charge is 0.507 e. The number of aromatic hydroxyl groups is 1. The third kappa shape index (κ3) is 10.7. The molecule has 5 heterocycles. The van der Waals surface area contributed by atoms with E-state index in [0.717, 1.165) is 68.6 Å². The fourth-order valence-corrected chi connectivity index (χ4v) is 9.40. The third-order valence-corrected chi connectivity index (χ3v) is 12.9. The van der Waals surface area contributed by atoms with Crippen LogP contribution in [0.3, 0.4) is 0 Å². The number of piperidine rings is 3. The zero-order valence-electron chi connectivity index (χ0n) is 34.7. The van der Waals surface area contributed by atoms with Crippen molar-refractivity contribution in [2.24, 2.45) is 0 Å². The molecular weight excluding hydrogens is 755 g/mol. The monoisotopic (exact) mass is 815 g/mol. The number of nitrogens with one attached hydrogen (secondary N) is 1. The lowest BCUT2D eigenvalue weighted by molar-refractivity contribution is -0.147. The summed E-state index contributed by atoms with van der Waals surface area (Å²) in [4.78, 5) is 77.4. The number of carbonyl (C=O) groups excluding carboxylic acids is 5. The summed E-state index contributed by atoms with van der Waals surface area (Å²) < 4.78 is 11.6. The molecule has 0 aromatic heterocycles. The Bertz CT molecular complexity index is 1810. The Morgan fingerprint density at radius 3 is 2.22 bits per heavy atom. The van der Waals surface area contributed by atoms with E-state index in [1.807, 2.05) is 55.1 Å². The summed E-state index contributed by atoms with van der Waals surface area (Å²) in [7, 11) is 0. The van der Waals surface area contributed by atoms with Gasteiger partial charge in [0.15, 0.2) is 6.10 Å². The molecule has 15 nitrogen and oxygen atoms in total. The van der Waals surface area contributed by atoms with Crippen LogP contribution in [-0.4, -0.2) is 168 Å². The lowest BCUT2D eigenvalue weighted by Crippen LogP contribution is -2.57. The molecule has 0 bridgehead atoms. The molecule has 2 N–H and O–H groups in total. The van der Waals surface area contributed by atoms with Crippen molar-refractivity contribution in [1.29, 1.82) is 0 Å². The van der Waals surface area contributed by atoms with Gasteiger partial charge in [-0.05, 0) is 87.1 Å². The van der Waals surface area contributed by atoms with Gasteiger partial charge in [-0.2, -0.15) is 0 Å². The van der Waals surface area contributed by atoms with E-state index in [1.165, 1.54) is 0 Å². The number of para-hydroxylation sites is 1. The number of carbonyl (C=O) groups is 5. The van der Waals surface area contributed by atoms with Crippen molar-refractivity contribution in [3.05, 3.63) is 58.7 Å². The molecule has 7 rings (SSSR count). The first kappa shape index (κ1) is 42.2. The lowest BCUT2D eigenvalue weighted by Gasteiger charge is -2.43. The van der Waals surface area contributed by atoms with Crippen LogP contribution < -0.4 is 5.32 Å². The Balaban J connectivity index is 0.889. The first-order chi connectivity index (χ1) is 28.5. The van der Waals surface area contributed by atoms with Gasteiger partial charge in [0, 0.05) is 96.1 Å². The van der Waals surface area contributed by atoms with Crippen molar-refractivity contribution in [3.8, 4) is 5.75 Å². The first-order valence-corrected chi connectivity index (χ1v) is 21.6. The van der Waals surface area contributed by atoms with Crippen LogP contribution >= 0.6 is 0 Å². The van der Waals surface area contributed by atoms with Crippen LogP contribution in [0.2, 0.25) is 0 Å². The van der Waals surface area contributed by atoms with E-state index < -0.39 is 12.2 Å². The predicted molar refractivity (Wildman–Crippen MR) is 221 cm³/mol. The molecule has 59 heavy (non-hydrogen) atoms. The summed E-state index contributed by atoms with van der Waals surface area (Å²) in [6, 6.07) is 11.8. The topological polar surface area (TPSA) is 156 Å². The van der Waals surface area contributed by atoms with E-state index in [9.17, 15) is 29.1 Å². The standard InChI is InChI=1S/C44H61N7O8/c1-31-27-33(28-32(2)41(31)54)29-38(59-44(57)50-18-13-36(14-19-50)51-20-10-34-7-3-4-8-37(34)45-43(51)56)42(55)49-23-21-47(22-24-49)35-11-16-46(17-12-35)30-40(53)58-26-25-48-15-6-5-9-39(48)52/h3-4,7-8,27-28,35-36,38,54H,5-6,9-26,29-30H2,1-2H3,(H,45,56)/t38-/m1/s1. The van der Waals surface area contributed by atoms with Crippen LogP contribution in [0.25, 0.3) is 0 Å². The molecular formula is C44H61N7O8. The van der Waals surface area contributed by atoms with Gasteiger partial charge in [0.2, 0.25) is 5.91 Å². The smallest absolute Gasteiger partial charge is 0.410 e. The SMILES string of the molecule is Cc1cc(C[C@@H](OC(=O)N2CCC(N3CCc4ccccc4NC3=O)CC2)C(=O)N2CCN(C3CCN(CC(=O)OCCN4CCCCC4=O)CC3)CC2)cc(C)c1O. The van der Waals surface area contributed by atoms with Gasteiger partial charge < -0.3 is 39.5 Å². The van der Waals surface area contributed by atoms with Crippen LogP contribution in [0.4, 0.5) is 15.3 Å². The van der Waals surface area contributed by atoms with Crippen molar-refractivity contribution >= 4 is 35.6 Å². The molecule has 320 valence electrons. The number of esters is 1. The van der Waals surface area contributed by atoms with E-state index in [0.29, 0.717) is 88.8 Å². The Kier molecular flexibility index (Phi) is 13.9. The highest BCUT2D eigenvalue weighted by Gasteiger charge is 2.37. The zero-order valence-corrected chi connectivity index (χ0v) is 34.7. The normalized spacial score (nSPS) is 20.8. The second kappa shape index (κ2) is 19.4. The molecule has 1 atom stereocenters. The summed E-state index contributed by atoms with van der Waals surface area (Å²) in [6.45, 7) is 10.7. The number of piperazine rings is 1. The minimum Gasteiger partial charge on any atom is -0.507 e. The molecule has 0 aliphatic carbocycles. The first-order valence-electron chi connectivity index (χ1n) is 21.6. The van der Waals surface area contributed by atoms with Gasteiger partial charge in [0.05, 0.1) is 13.1 Å². The summed E-state index contributed by atoms with van der Waals surface area (Å²) in [5.41, 5.74) is 4.15. The van der Waals surface area contributed by atoms with Crippen LogP contribution in [-0.2, 0) is 36.7 Å². The predicted octanol–water partition coefficient (Wildman–Crippen LogP) is 3.78. The molecule has 5 aliphatic rings. The number of nitrogens with zero attached hydrogens (tertiary/aromatic N) is 6. The van der Waals surface area contributed by atoms with E-state index >= 15 is 0 Å². The molecule has 5 amide bonds. The lowest BCUT2D eigenvalue weighted by atomic mass is 10.00. The van der Waals surface area contributed by atoms with Gasteiger partial charge in [0.1, 0.15) is 12.4 Å². The number of hydrogen-bond acceptors (Lipinski definition) is 10. The highest BCUT2D eigenvalue weighted by atomic mass is 16.6. The van der Waals surface area contributed by atoms with Crippen molar-refractivity contribution in [2.75, 3.05) is 90.5 Å². The summed E-state index contributed by atoms with van der Waals surface area (Å²) in [6.07, 6.45) is 4.93. The molecule has 2 aromatic rings. The van der Waals surface area contributed by atoms with Crippen LogP contribution in [0.5, 0.6) is 5.75 Å². The highest BCUT2D eigenvalue weighted by molar-refractivity contribution is 5.91. The molecule has 0 unspecified atom stereocenters. The van der Waals surface area contributed by atoms with E-state index in [-0.39, 0.29) is 55.2 Å². The van der Waals surface area contributed by atoms with Crippen molar-refractivity contribution in [1.82, 2.24) is 29.4 Å². The number of fused-ring (bicyclic) bond motifs is 1. The summed E-state index contributed by atoms with van der Waals surface area (Å²) in [5.74, 6) is -0.137.